The van der Waals surface area contributed by atoms with Crippen LogP contribution in [-0.2, 0) is 16.4 Å². The SMILES string of the molecule is N#Cc1ccc(S(=O)(=O)N2CCN[C@@H]([C@@H](O)[C@@H](N)Cc3cc(F)cc(F)c3)C2)cc1. The highest BCUT2D eigenvalue weighted by atomic mass is 32.2. The highest BCUT2D eigenvalue weighted by molar-refractivity contribution is 7.89. The van der Waals surface area contributed by atoms with E-state index in [9.17, 15) is 22.3 Å². The van der Waals surface area contributed by atoms with Gasteiger partial charge in [0.2, 0.25) is 10.0 Å². The number of sulfonamides is 1. The third-order valence-corrected chi connectivity index (χ3v) is 6.91. The summed E-state index contributed by atoms with van der Waals surface area (Å²) in [6, 6.07) is 9.05. The molecule has 1 saturated heterocycles. The molecule has 1 heterocycles. The third kappa shape index (κ3) is 5.00. The number of nitrogens with two attached hydrogens (primary N) is 1. The maximum absolute atomic E-state index is 13.4. The number of halogens is 2. The number of piperazine rings is 1. The van der Waals surface area contributed by atoms with Crippen molar-refractivity contribution in [3.05, 3.63) is 65.2 Å². The summed E-state index contributed by atoms with van der Waals surface area (Å²) in [4.78, 5) is 0.0520. The maximum Gasteiger partial charge on any atom is 0.243 e. The van der Waals surface area contributed by atoms with E-state index < -0.39 is 39.8 Å². The van der Waals surface area contributed by atoms with E-state index in [1.807, 2.05) is 6.07 Å². The van der Waals surface area contributed by atoms with Gasteiger partial charge in [0, 0.05) is 37.8 Å². The lowest BCUT2D eigenvalue weighted by Crippen LogP contribution is -2.60. The summed E-state index contributed by atoms with van der Waals surface area (Å²) in [5.74, 6) is -1.47. The second-order valence-electron chi connectivity index (χ2n) is 7.20. The van der Waals surface area contributed by atoms with E-state index in [0.717, 1.165) is 18.2 Å². The zero-order valence-corrected chi connectivity index (χ0v) is 16.8. The summed E-state index contributed by atoms with van der Waals surface area (Å²) in [5, 5.41) is 22.5. The van der Waals surface area contributed by atoms with Crippen LogP contribution in [0.1, 0.15) is 11.1 Å². The van der Waals surface area contributed by atoms with E-state index in [2.05, 4.69) is 5.32 Å². The highest BCUT2D eigenvalue weighted by Gasteiger charge is 2.35. The number of rotatable bonds is 6. The number of aliphatic hydroxyl groups excluding tert-OH is 1. The molecule has 1 fully saturated rings. The number of hydrogen-bond acceptors (Lipinski definition) is 6. The first kappa shape index (κ1) is 22.3. The molecule has 3 atom stereocenters. The zero-order chi connectivity index (χ0) is 21.9. The number of nitriles is 1. The van der Waals surface area contributed by atoms with E-state index in [1.165, 1.54) is 28.6 Å². The lowest BCUT2D eigenvalue weighted by Gasteiger charge is -2.37. The maximum atomic E-state index is 13.4. The highest BCUT2D eigenvalue weighted by Crippen LogP contribution is 2.20. The molecule has 7 nitrogen and oxygen atoms in total. The average Bonchev–Trinajstić information content (AvgIpc) is 2.72. The molecule has 1 aliphatic heterocycles. The Kier molecular flexibility index (Phi) is 6.80. The zero-order valence-electron chi connectivity index (χ0n) is 16.0. The van der Waals surface area contributed by atoms with Crippen LogP contribution in [0.4, 0.5) is 8.78 Å². The molecule has 2 aromatic rings. The third-order valence-electron chi connectivity index (χ3n) is 5.03. The Bertz CT molecular complexity index is 1020. The molecule has 30 heavy (non-hydrogen) atoms. The van der Waals surface area contributed by atoms with Gasteiger partial charge in [0.25, 0.3) is 0 Å². The average molecular weight is 436 g/mol. The fraction of sp³-hybridized carbons (Fsp3) is 0.350. The lowest BCUT2D eigenvalue weighted by molar-refractivity contribution is 0.0799. The predicted octanol–water partition coefficient (Wildman–Crippen LogP) is 0.730. The summed E-state index contributed by atoms with van der Waals surface area (Å²) in [6.45, 7) is 0.489. The molecular formula is C20H22F2N4O3S. The monoisotopic (exact) mass is 436 g/mol. The molecule has 160 valence electrons. The van der Waals surface area contributed by atoms with E-state index in [-0.39, 0.29) is 24.4 Å². The van der Waals surface area contributed by atoms with Crippen molar-refractivity contribution in [2.75, 3.05) is 19.6 Å². The van der Waals surface area contributed by atoms with Crippen LogP contribution in [0.25, 0.3) is 0 Å². The molecule has 0 bridgehead atoms. The van der Waals surface area contributed by atoms with Crippen molar-refractivity contribution in [3.8, 4) is 6.07 Å². The molecule has 0 saturated carbocycles. The molecule has 0 amide bonds. The van der Waals surface area contributed by atoms with Crippen LogP contribution < -0.4 is 11.1 Å². The molecule has 10 heteroatoms. The topological polar surface area (TPSA) is 119 Å². The summed E-state index contributed by atoms with van der Waals surface area (Å²) in [7, 11) is -3.82. The fourth-order valence-electron chi connectivity index (χ4n) is 3.47. The molecule has 0 spiro atoms. The fourth-order valence-corrected chi connectivity index (χ4v) is 4.93. The normalized spacial score (nSPS) is 19.8. The van der Waals surface area contributed by atoms with Crippen molar-refractivity contribution in [2.24, 2.45) is 5.73 Å². The van der Waals surface area contributed by atoms with Crippen molar-refractivity contribution in [2.45, 2.75) is 29.5 Å². The molecule has 0 aliphatic carbocycles. The second kappa shape index (κ2) is 9.16. The Hall–Kier alpha value is -2.42. The van der Waals surface area contributed by atoms with Crippen LogP contribution in [0.15, 0.2) is 47.4 Å². The van der Waals surface area contributed by atoms with E-state index in [0.29, 0.717) is 17.7 Å². The van der Waals surface area contributed by atoms with Gasteiger partial charge in [-0.2, -0.15) is 9.57 Å². The van der Waals surface area contributed by atoms with Gasteiger partial charge in [0.1, 0.15) is 11.6 Å². The molecule has 0 aromatic heterocycles. The summed E-state index contributed by atoms with van der Waals surface area (Å²) >= 11 is 0. The van der Waals surface area contributed by atoms with E-state index in [1.54, 1.807) is 0 Å². The van der Waals surface area contributed by atoms with Gasteiger partial charge in [-0.1, -0.05) is 0 Å². The van der Waals surface area contributed by atoms with Crippen LogP contribution in [0.2, 0.25) is 0 Å². The van der Waals surface area contributed by atoms with Gasteiger partial charge in [-0.25, -0.2) is 17.2 Å². The molecule has 3 rings (SSSR count). The second-order valence-corrected chi connectivity index (χ2v) is 9.13. The Labute approximate surface area is 173 Å². The molecule has 2 aromatic carbocycles. The molecule has 0 unspecified atom stereocenters. The smallest absolute Gasteiger partial charge is 0.243 e. The number of nitrogens with one attached hydrogen (secondary N) is 1. The Morgan fingerprint density at radius 3 is 2.47 bits per heavy atom. The first-order chi connectivity index (χ1) is 14.2. The number of nitrogens with zero attached hydrogens (tertiary/aromatic N) is 2. The van der Waals surface area contributed by atoms with Gasteiger partial charge >= 0.3 is 0 Å². The van der Waals surface area contributed by atoms with Crippen LogP contribution in [0.5, 0.6) is 0 Å². The van der Waals surface area contributed by atoms with Crippen molar-refractivity contribution in [1.29, 1.82) is 5.26 Å². The van der Waals surface area contributed by atoms with Gasteiger partial charge in [-0.3, -0.25) is 0 Å². The Morgan fingerprint density at radius 2 is 1.87 bits per heavy atom. The summed E-state index contributed by atoms with van der Waals surface area (Å²) < 4.78 is 53.8. The van der Waals surface area contributed by atoms with E-state index >= 15 is 0 Å². The predicted molar refractivity (Wildman–Crippen MR) is 106 cm³/mol. The van der Waals surface area contributed by atoms with Crippen molar-refractivity contribution in [3.63, 3.8) is 0 Å². The molecule has 1 aliphatic rings. The minimum atomic E-state index is -3.82. The molecular weight excluding hydrogens is 414 g/mol. The standard InChI is InChI=1S/C20H22F2N4O3S/c21-15-7-14(8-16(22)10-15)9-18(24)20(27)19-12-26(6-5-25-19)30(28,29)17-3-1-13(11-23)2-4-17/h1-4,7-8,10,18-20,25,27H,5-6,9,12,24H2/t18-,19+,20-/m0/s1. The minimum absolute atomic E-state index is 0.0191. The van der Waals surface area contributed by atoms with Gasteiger partial charge < -0.3 is 16.2 Å². The number of benzene rings is 2. The summed E-state index contributed by atoms with van der Waals surface area (Å²) in [6.07, 6.45) is -1.12. The first-order valence-corrected chi connectivity index (χ1v) is 10.8. The number of hydrogen-bond donors (Lipinski definition) is 3. The summed E-state index contributed by atoms with van der Waals surface area (Å²) in [5.41, 5.74) is 6.70. The van der Waals surface area contributed by atoms with Crippen LogP contribution in [0, 0.1) is 23.0 Å². The quantitative estimate of drug-likeness (QED) is 0.614. The van der Waals surface area contributed by atoms with E-state index in [4.69, 9.17) is 11.0 Å². The molecule has 4 N–H and O–H groups in total. The van der Waals surface area contributed by atoms with Gasteiger partial charge in [-0.05, 0) is 48.4 Å². The van der Waals surface area contributed by atoms with Crippen LogP contribution >= 0.6 is 0 Å². The van der Waals surface area contributed by atoms with Crippen molar-refractivity contribution < 1.29 is 22.3 Å². The number of aliphatic hydroxyl groups is 1. The molecule has 0 radical (unpaired) electrons. The Morgan fingerprint density at radius 1 is 1.23 bits per heavy atom. The van der Waals surface area contributed by atoms with Gasteiger partial charge in [0.05, 0.1) is 22.6 Å². The van der Waals surface area contributed by atoms with Crippen molar-refractivity contribution in [1.82, 2.24) is 9.62 Å². The Balaban J connectivity index is 1.70. The minimum Gasteiger partial charge on any atom is -0.390 e. The van der Waals surface area contributed by atoms with Gasteiger partial charge in [0.15, 0.2) is 0 Å². The van der Waals surface area contributed by atoms with Gasteiger partial charge in [-0.15, -0.1) is 0 Å². The largest absolute Gasteiger partial charge is 0.390 e. The van der Waals surface area contributed by atoms with Crippen LogP contribution in [0.3, 0.4) is 0 Å². The van der Waals surface area contributed by atoms with Crippen molar-refractivity contribution >= 4 is 10.0 Å². The first-order valence-electron chi connectivity index (χ1n) is 9.33. The van der Waals surface area contributed by atoms with Crippen LogP contribution in [-0.4, -0.2) is 55.7 Å². The lowest BCUT2D eigenvalue weighted by atomic mass is 9.96.